The second-order valence-corrected chi connectivity index (χ2v) is 7.79. The Labute approximate surface area is 126 Å². The number of fused-ring (bicyclic) bond motifs is 3. The second-order valence-electron chi connectivity index (χ2n) is 5.78. The fourth-order valence-electron chi connectivity index (χ4n) is 3.18. The maximum Gasteiger partial charge on any atom is 0.217 e. The number of methoxy groups -OCH3 is 1. The fourth-order valence-corrected chi connectivity index (χ4v) is 4.91. The highest BCUT2D eigenvalue weighted by Crippen LogP contribution is 2.39. The Balaban J connectivity index is 1.85. The number of unbranched alkanes of at least 4 members (excludes halogenated alkanes) is 1. The summed E-state index contributed by atoms with van der Waals surface area (Å²) in [5, 5.41) is 0. The highest BCUT2D eigenvalue weighted by Gasteiger charge is 2.41. The molecule has 1 atom stereocenters. The van der Waals surface area contributed by atoms with E-state index in [0.717, 1.165) is 30.7 Å². The lowest BCUT2D eigenvalue weighted by atomic mass is 10.1. The number of ether oxygens (including phenoxy) is 1. The molecule has 5 nitrogen and oxygen atoms in total. The third-order valence-electron chi connectivity index (χ3n) is 4.39. The van der Waals surface area contributed by atoms with Gasteiger partial charge in [-0.2, -0.15) is 4.31 Å². The number of hydrogen-bond donors (Lipinski definition) is 0. The van der Waals surface area contributed by atoms with Crippen LogP contribution in [0.25, 0.3) is 0 Å². The van der Waals surface area contributed by atoms with Crippen molar-refractivity contribution >= 4 is 10.0 Å². The van der Waals surface area contributed by atoms with Gasteiger partial charge in [-0.1, -0.05) is 19.4 Å². The molecular weight excluding hydrogens is 288 g/mol. The van der Waals surface area contributed by atoms with Gasteiger partial charge in [0.2, 0.25) is 10.0 Å². The van der Waals surface area contributed by atoms with E-state index < -0.39 is 10.0 Å². The van der Waals surface area contributed by atoms with Gasteiger partial charge in [-0.05, 0) is 29.7 Å². The number of sulfonamides is 1. The van der Waals surface area contributed by atoms with Gasteiger partial charge in [0.05, 0.1) is 25.6 Å². The van der Waals surface area contributed by atoms with Crippen molar-refractivity contribution in [1.82, 2.24) is 9.21 Å². The summed E-state index contributed by atoms with van der Waals surface area (Å²) in [5.74, 6) is 1.02. The highest BCUT2D eigenvalue weighted by molar-refractivity contribution is 7.89. The van der Waals surface area contributed by atoms with Crippen molar-refractivity contribution in [3.8, 4) is 5.75 Å². The average molecular weight is 310 g/mol. The SMILES string of the molecule is CCCCN1CN2Cc3cc(OC)ccc3C2CS1(=O)=O. The molecule has 0 radical (unpaired) electrons. The van der Waals surface area contributed by atoms with Crippen LogP contribution in [0, 0.1) is 0 Å². The van der Waals surface area contributed by atoms with Gasteiger partial charge in [-0.25, -0.2) is 8.42 Å². The van der Waals surface area contributed by atoms with Gasteiger partial charge in [0, 0.05) is 13.1 Å². The summed E-state index contributed by atoms with van der Waals surface area (Å²) in [5.41, 5.74) is 2.32. The van der Waals surface area contributed by atoms with Crippen molar-refractivity contribution < 1.29 is 13.2 Å². The molecule has 1 aromatic carbocycles. The largest absolute Gasteiger partial charge is 0.497 e. The molecule has 0 aromatic heterocycles. The predicted octanol–water partition coefficient (Wildman–Crippen LogP) is 1.95. The summed E-state index contributed by atoms with van der Waals surface area (Å²) >= 11 is 0. The maximum absolute atomic E-state index is 12.4. The summed E-state index contributed by atoms with van der Waals surface area (Å²) in [6, 6.07) is 5.94. The zero-order valence-corrected chi connectivity index (χ0v) is 13.4. The molecule has 0 spiro atoms. The van der Waals surface area contributed by atoms with Crippen molar-refractivity contribution in [3.05, 3.63) is 29.3 Å². The standard InChI is InChI=1S/C15H22N2O3S/c1-3-4-7-17-11-16-9-12-8-13(20-2)5-6-14(12)15(16)10-21(17,18)19/h5-6,8,15H,3-4,7,9-11H2,1-2H3. The first-order chi connectivity index (χ1) is 10.0. The first-order valence-electron chi connectivity index (χ1n) is 7.44. The summed E-state index contributed by atoms with van der Waals surface area (Å²) < 4.78 is 31.8. The lowest BCUT2D eigenvalue weighted by Crippen LogP contribution is -2.49. The van der Waals surface area contributed by atoms with E-state index in [9.17, 15) is 8.42 Å². The molecule has 1 unspecified atom stereocenters. The Morgan fingerprint density at radius 1 is 1.38 bits per heavy atom. The lowest BCUT2D eigenvalue weighted by molar-refractivity contribution is 0.140. The molecule has 0 bridgehead atoms. The highest BCUT2D eigenvalue weighted by atomic mass is 32.2. The Bertz CT molecular complexity index is 630. The van der Waals surface area contributed by atoms with Crippen LogP contribution < -0.4 is 4.74 Å². The molecule has 0 saturated carbocycles. The topological polar surface area (TPSA) is 49.9 Å². The summed E-state index contributed by atoms with van der Waals surface area (Å²) in [7, 11) is -1.49. The molecule has 0 amide bonds. The van der Waals surface area contributed by atoms with Crippen molar-refractivity contribution in [1.29, 1.82) is 0 Å². The molecule has 3 rings (SSSR count). The van der Waals surface area contributed by atoms with Crippen LogP contribution in [0.1, 0.15) is 36.9 Å². The first-order valence-corrected chi connectivity index (χ1v) is 9.04. The smallest absolute Gasteiger partial charge is 0.217 e. The van der Waals surface area contributed by atoms with Crippen molar-refractivity contribution in [2.24, 2.45) is 0 Å². The van der Waals surface area contributed by atoms with Gasteiger partial charge in [0.15, 0.2) is 0 Å². The minimum atomic E-state index is -3.15. The van der Waals surface area contributed by atoms with E-state index in [1.54, 1.807) is 11.4 Å². The average Bonchev–Trinajstić information content (AvgIpc) is 2.80. The molecule has 116 valence electrons. The monoisotopic (exact) mass is 310 g/mol. The molecule has 1 aromatic rings. The fraction of sp³-hybridized carbons (Fsp3) is 0.600. The van der Waals surface area contributed by atoms with E-state index in [2.05, 4.69) is 11.8 Å². The zero-order valence-electron chi connectivity index (χ0n) is 12.6. The number of rotatable bonds is 4. The Morgan fingerprint density at radius 2 is 2.19 bits per heavy atom. The normalized spacial score (nSPS) is 24.6. The molecule has 6 heteroatoms. The molecule has 0 N–H and O–H groups in total. The van der Waals surface area contributed by atoms with Gasteiger partial charge in [-0.15, -0.1) is 0 Å². The summed E-state index contributed by atoms with van der Waals surface area (Å²) in [6.45, 7) is 4.01. The number of nitrogens with zero attached hydrogens (tertiary/aromatic N) is 2. The third kappa shape index (κ3) is 2.67. The van der Waals surface area contributed by atoms with Gasteiger partial charge in [-0.3, -0.25) is 4.90 Å². The van der Waals surface area contributed by atoms with Crippen LogP contribution in [-0.2, 0) is 16.6 Å². The minimum absolute atomic E-state index is 0.00576. The molecule has 0 aliphatic carbocycles. The number of benzene rings is 1. The van der Waals surface area contributed by atoms with E-state index in [-0.39, 0.29) is 11.8 Å². The van der Waals surface area contributed by atoms with E-state index in [1.807, 2.05) is 18.2 Å². The van der Waals surface area contributed by atoms with E-state index in [1.165, 1.54) is 5.56 Å². The molecule has 1 saturated heterocycles. The molecule has 2 aliphatic heterocycles. The number of hydrogen-bond acceptors (Lipinski definition) is 4. The van der Waals surface area contributed by atoms with Gasteiger partial charge < -0.3 is 4.74 Å². The maximum atomic E-state index is 12.4. The minimum Gasteiger partial charge on any atom is -0.497 e. The zero-order chi connectivity index (χ0) is 15.0. The predicted molar refractivity (Wildman–Crippen MR) is 81.5 cm³/mol. The van der Waals surface area contributed by atoms with E-state index in [0.29, 0.717) is 13.2 Å². The van der Waals surface area contributed by atoms with Crippen LogP contribution in [0.3, 0.4) is 0 Å². The van der Waals surface area contributed by atoms with Crippen LogP contribution in [0.4, 0.5) is 0 Å². The summed E-state index contributed by atoms with van der Waals surface area (Å²) in [4.78, 5) is 2.25. The van der Waals surface area contributed by atoms with Crippen molar-refractivity contribution in [3.63, 3.8) is 0 Å². The summed E-state index contributed by atoms with van der Waals surface area (Å²) in [6.07, 6.45) is 1.92. The van der Waals surface area contributed by atoms with E-state index >= 15 is 0 Å². The quantitative estimate of drug-likeness (QED) is 0.853. The van der Waals surface area contributed by atoms with Crippen molar-refractivity contribution in [2.45, 2.75) is 32.4 Å². The van der Waals surface area contributed by atoms with E-state index in [4.69, 9.17) is 4.74 Å². The molecule has 2 heterocycles. The Kier molecular flexibility index (Phi) is 3.94. The van der Waals surface area contributed by atoms with Gasteiger partial charge in [0.1, 0.15) is 5.75 Å². The molecule has 2 aliphatic rings. The van der Waals surface area contributed by atoms with Crippen LogP contribution >= 0.6 is 0 Å². The Morgan fingerprint density at radius 3 is 2.90 bits per heavy atom. The van der Waals surface area contributed by atoms with Crippen LogP contribution in [0.5, 0.6) is 5.75 Å². The van der Waals surface area contributed by atoms with Gasteiger partial charge in [0.25, 0.3) is 0 Å². The van der Waals surface area contributed by atoms with Crippen LogP contribution in [0.2, 0.25) is 0 Å². The van der Waals surface area contributed by atoms with Crippen LogP contribution in [-0.4, -0.2) is 43.7 Å². The lowest BCUT2D eigenvalue weighted by Gasteiger charge is -2.37. The molecule has 1 fully saturated rings. The Hall–Kier alpha value is -1.11. The molecule has 21 heavy (non-hydrogen) atoms. The molecular formula is C15H22N2O3S. The second kappa shape index (κ2) is 5.59. The van der Waals surface area contributed by atoms with Gasteiger partial charge >= 0.3 is 0 Å². The third-order valence-corrected chi connectivity index (χ3v) is 6.21. The van der Waals surface area contributed by atoms with Crippen molar-refractivity contribution in [2.75, 3.05) is 26.1 Å². The van der Waals surface area contributed by atoms with Crippen LogP contribution in [0.15, 0.2) is 18.2 Å². The first kappa shape index (κ1) is 14.8.